The predicted molar refractivity (Wildman–Crippen MR) is 75.0 cm³/mol. The first-order valence-electron chi connectivity index (χ1n) is 7.63. The second kappa shape index (κ2) is 7.27. The van der Waals surface area contributed by atoms with E-state index in [0.717, 1.165) is 12.5 Å². The van der Waals surface area contributed by atoms with Gasteiger partial charge in [0.25, 0.3) is 0 Å². The van der Waals surface area contributed by atoms with Gasteiger partial charge in [0.15, 0.2) is 0 Å². The van der Waals surface area contributed by atoms with Gasteiger partial charge in [-0.3, -0.25) is 11.3 Å². The van der Waals surface area contributed by atoms with Crippen molar-refractivity contribution in [3.05, 3.63) is 11.6 Å². The lowest BCUT2D eigenvalue weighted by Crippen LogP contribution is -2.47. The van der Waals surface area contributed by atoms with Gasteiger partial charge in [0.05, 0.1) is 12.1 Å². The Labute approximate surface area is 111 Å². The summed E-state index contributed by atoms with van der Waals surface area (Å²) in [4.78, 5) is 0. The standard InChI is InChI=1S/C15H28N2O/c1-2-18-15(13-10-11-13)14(17-16)12-8-6-4-3-5-7-9-12/h8,13-15,17H,2-7,9-11,16H2,1H3. The van der Waals surface area contributed by atoms with Crippen LogP contribution < -0.4 is 11.3 Å². The summed E-state index contributed by atoms with van der Waals surface area (Å²) in [6.07, 6.45) is 13.0. The Bertz CT molecular complexity index is 274. The van der Waals surface area contributed by atoms with E-state index in [2.05, 4.69) is 18.4 Å². The van der Waals surface area contributed by atoms with E-state index >= 15 is 0 Å². The van der Waals surface area contributed by atoms with Crippen molar-refractivity contribution in [2.24, 2.45) is 11.8 Å². The van der Waals surface area contributed by atoms with Crippen LogP contribution >= 0.6 is 0 Å². The van der Waals surface area contributed by atoms with E-state index in [1.165, 1.54) is 56.9 Å². The summed E-state index contributed by atoms with van der Waals surface area (Å²) in [7, 11) is 0. The van der Waals surface area contributed by atoms with E-state index in [9.17, 15) is 0 Å². The molecule has 0 aromatic carbocycles. The number of allylic oxidation sites excluding steroid dienone is 1. The lowest BCUT2D eigenvalue weighted by atomic mass is 9.91. The Balaban J connectivity index is 2.03. The molecule has 3 N–H and O–H groups in total. The van der Waals surface area contributed by atoms with Crippen LogP contribution in [0.25, 0.3) is 0 Å². The third kappa shape index (κ3) is 3.81. The maximum absolute atomic E-state index is 5.96. The van der Waals surface area contributed by atoms with Crippen LogP contribution in [0.15, 0.2) is 11.6 Å². The molecular weight excluding hydrogens is 224 g/mol. The van der Waals surface area contributed by atoms with Gasteiger partial charge in [-0.2, -0.15) is 0 Å². The van der Waals surface area contributed by atoms with Crippen LogP contribution in [-0.2, 0) is 4.74 Å². The van der Waals surface area contributed by atoms with Gasteiger partial charge in [0.2, 0.25) is 0 Å². The molecule has 2 aliphatic carbocycles. The molecule has 0 amide bonds. The second-order valence-corrected chi connectivity index (χ2v) is 5.63. The van der Waals surface area contributed by atoms with Crippen LogP contribution in [0.3, 0.4) is 0 Å². The van der Waals surface area contributed by atoms with Gasteiger partial charge in [0, 0.05) is 6.61 Å². The van der Waals surface area contributed by atoms with Crippen molar-refractivity contribution in [3.63, 3.8) is 0 Å². The largest absolute Gasteiger partial charge is 0.376 e. The fourth-order valence-electron chi connectivity index (χ4n) is 3.03. The highest BCUT2D eigenvalue weighted by Crippen LogP contribution is 2.38. The number of nitrogens with one attached hydrogen (secondary N) is 1. The van der Waals surface area contributed by atoms with Crippen LogP contribution in [0.5, 0.6) is 0 Å². The molecule has 0 spiro atoms. The number of hydrogen-bond donors (Lipinski definition) is 2. The Morgan fingerprint density at radius 2 is 2.11 bits per heavy atom. The quantitative estimate of drug-likeness (QED) is 0.434. The minimum absolute atomic E-state index is 0.232. The van der Waals surface area contributed by atoms with Crippen molar-refractivity contribution in [1.29, 1.82) is 0 Å². The lowest BCUT2D eigenvalue weighted by molar-refractivity contribution is 0.0269. The number of hydrazine groups is 1. The zero-order chi connectivity index (χ0) is 12.8. The van der Waals surface area contributed by atoms with Crippen LogP contribution in [0.2, 0.25) is 0 Å². The number of rotatable bonds is 6. The molecule has 0 aliphatic heterocycles. The smallest absolute Gasteiger partial charge is 0.0807 e. The first kappa shape index (κ1) is 14.0. The van der Waals surface area contributed by atoms with Crippen LogP contribution in [0.4, 0.5) is 0 Å². The zero-order valence-electron chi connectivity index (χ0n) is 11.7. The molecule has 2 unspecified atom stereocenters. The molecule has 2 atom stereocenters. The Morgan fingerprint density at radius 1 is 1.33 bits per heavy atom. The highest BCUT2D eigenvalue weighted by molar-refractivity contribution is 5.15. The molecule has 1 fully saturated rings. The van der Waals surface area contributed by atoms with Crippen molar-refractivity contribution in [1.82, 2.24) is 5.43 Å². The minimum Gasteiger partial charge on any atom is -0.376 e. The highest BCUT2D eigenvalue weighted by Gasteiger charge is 2.38. The van der Waals surface area contributed by atoms with Gasteiger partial charge in [-0.05, 0) is 51.4 Å². The SMILES string of the molecule is CCOC(C1CC1)C(NN)C1=CCCCCCC1. The molecule has 0 bridgehead atoms. The molecule has 2 rings (SSSR count). The first-order chi connectivity index (χ1) is 8.86. The average Bonchev–Trinajstić information content (AvgIpc) is 3.14. The molecule has 0 radical (unpaired) electrons. The van der Waals surface area contributed by atoms with Crippen LogP contribution in [0.1, 0.15) is 58.3 Å². The summed E-state index contributed by atoms with van der Waals surface area (Å²) in [5, 5.41) is 0. The fourth-order valence-corrected chi connectivity index (χ4v) is 3.03. The Hall–Kier alpha value is -0.380. The van der Waals surface area contributed by atoms with E-state index in [-0.39, 0.29) is 12.1 Å². The molecule has 104 valence electrons. The maximum Gasteiger partial charge on any atom is 0.0807 e. The molecule has 0 heterocycles. The molecular formula is C15H28N2O. The molecule has 3 nitrogen and oxygen atoms in total. The number of ether oxygens (including phenoxy) is 1. The van der Waals surface area contributed by atoms with Crippen LogP contribution in [-0.4, -0.2) is 18.8 Å². The van der Waals surface area contributed by atoms with E-state index < -0.39 is 0 Å². The van der Waals surface area contributed by atoms with E-state index in [4.69, 9.17) is 10.6 Å². The fraction of sp³-hybridized carbons (Fsp3) is 0.867. The van der Waals surface area contributed by atoms with Crippen molar-refractivity contribution in [2.45, 2.75) is 70.4 Å². The normalized spacial score (nSPS) is 24.9. The summed E-state index contributed by atoms with van der Waals surface area (Å²) < 4.78 is 5.96. The summed E-state index contributed by atoms with van der Waals surface area (Å²) >= 11 is 0. The van der Waals surface area contributed by atoms with Crippen molar-refractivity contribution >= 4 is 0 Å². The third-order valence-corrected chi connectivity index (χ3v) is 4.18. The van der Waals surface area contributed by atoms with E-state index in [1.54, 1.807) is 0 Å². The van der Waals surface area contributed by atoms with Crippen molar-refractivity contribution < 1.29 is 4.74 Å². The zero-order valence-corrected chi connectivity index (χ0v) is 11.7. The van der Waals surface area contributed by atoms with Gasteiger partial charge >= 0.3 is 0 Å². The van der Waals surface area contributed by atoms with Gasteiger partial charge in [-0.15, -0.1) is 0 Å². The number of nitrogens with two attached hydrogens (primary N) is 1. The molecule has 2 aliphatic rings. The minimum atomic E-state index is 0.232. The summed E-state index contributed by atoms with van der Waals surface area (Å²) in [5.74, 6) is 6.54. The van der Waals surface area contributed by atoms with E-state index in [1.807, 2.05) is 0 Å². The molecule has 0 aromatic rings. The van der Waals surface area contributed by atoms with Crippen molar-refractivity contribution in [3.8, 4) is 0 Å². The van der Waals surface area contributed by atoms with Crippen LogP contribution in [0, 0.1) is 5.92 Å². The molecule has 1 saturated carbocycles. The predicted octanol–water partition coefficient (Wildman–Crippen LogP) is 2.91. The number of hydrogen-bond acceptors (Lipinski definition) is 3. The van der Waals surface area contributed by atoms with Gasteiger partial charge in [-0.1, -0.05) is 24.5 Å². The molecule has 18 heavy (non-hydrogen) atoms. The Morgan fingerprint density at radius 3 is 2.78 bits per heavy atom. The molecule has 0 saturated heterocycles. The summed E-state index contributed by atoms with van der Waals surface area (Å²) in [6.45, 7) is 2.86. The van der Waals surface area contributed by atoms with Gasteiger partial charge in [-0.25, -0.2) is 0 Å². The lowest BCUT2D eigenvalue weighted by Gasteiger charge is -2.29. The van der Waals surface area contributed by atoms with E-state index in [0.29, 0.717) is 0 Å². The second-order valence-electron chi connectivity index (χ2n) is 5.63. The van der Waals surface area contributed by atoms with Gasteiger partial charge < -0.3 is 4.74 Å². The first-order valence-corrected chi connectivity index (χ1v) is 7.63. The maximum atomic E-state index is 5.96. The summed E-state index contributed by atoms with van der Waals surface area (Å²) in [6, 6.07) is 0.232. The molecule has 3 heteroatoms. The topological polar surface area (TPSA) is 47.3 Å². The monoisotopic (exact) mass is 252 g/mol. The Kier molecular flexibility index (Phi) is 5.67. The highest BCUT2D eigenvalue weighted by atomic mass is 16.5. The summed E-state index contributed by atoms with van der Waals surface area (Å²) in [5.41, 5.74) is 4.52. The van der Waals surface area contributed by atoms with Gasteiger partial charge in [0.1, 0.15) is 0 Å². The third-order valence-electron chi connectivity index (χ3n) is 4.18. The average molecular weight is 252 g/mol. The molecule has 0 aromatic heterocycles. The van der Waals surface area contributed by atoms with Crippen molar-refractivity contribution in [2.75, 3.05) is 6.61 Å².